The maximum absolute atomic E-state index is 13.8. The molecule has 0 radical (unpaired) electrons. The van der Waals surface area contributed by atoms with Gasteiger partial charge in [-0.25, -0.2) is 9.37 Å². The Bertz CT molecular complexity index is 1210. The van der Waals surface area contributed by atoms with Crippen molar-refractivity contribution in [2.75, 3.05) is 5.75 Å². The number of hydrogen-bond donors (Lipinski definition) is 0. The van der Waals surface area contributed by atoms with Crippen molar-refractivity contribution in [3.8, 4) is 11.1 Å². The second kappa shape index (κ2) is 7.89. The van der Waals surface area contributed by atoms with Crippen LogP contribution in [0.2, 0.25) is 0 Å². The fourth-order valence-electron chi connectivity index (χ4n) is 3.06. The molecule has 0 bridgehead atoms. The Hall–Kier alpha value is -2.44. The van der Waals surface area contributed by atoms with Crippen LogP contribution < -0.4 is 5.56 Å². The Morgan fingerprint density at radius 3 is 2.75 bits per heavy atom. The summed E-state index contributed by atoms with van der Waals surface area (Å²) < 4.78 is 15.4. The smallest absolute Gasteiger partial charge is 0.262 e. The van der Waals surface area contributed by atoms with E-state index in [1.807, 2.05) is 11.4 Å². The lowest BCUT2D eigenvalue weighted by Gasteiger charge is -2.08. The molecule has 0 N–H and O–H groups in total. The number of thioether (sulfide) groups is 1. The Kier molecular flexibility index (Phi) is 5.33. The minimum atomic E-state index is -0.233. The summed E-state index contributed by atoms with van der Waals surface area (Å²) in [5.41, 5.74) is 4.34. The predicted molar refractivity (Wildman–Crippen MR) is 116 cm³/mol. The van der Waals surface area contributed by atoms with E-state index in [0.717, 1.165) is 16.0 Å². The lowest BCUT2D eigenvalue weighted by Crippen LogP contribution is -2.21. The summed E-state index contributed by atoms with van der Waals surface area (Å²) in [6.07, 6.45) is 1.59. The van der Waals surface area contributed by atoms with Gasteiger partial charge in [-0.05, 0) is 42.7 Å². The van der Waals surface area contributed by atoms with Crippen LogP contribution in [0, 0.1) is 19.7 Å². The van der Waals surface area contributed by atoms with E-state index >= 15 is 0 Å². The van der Waals surface area contributed by atoms with E-state index in [-0.39, 0.29) is 11.4 Å². The molecule has 2 aromatic carbocycles. The van der Waals surface area contributed by atoms with E-state index < -0.39 is 0 Å². The van der Waals surface area contributed by atoms with Crippen LogP contribution >= 0.6 is 23.1 Å². The molecule has 6 heteroatoms. The van der Waals surface area contributed by atoms with E-state index in [1.165, 1.54) is 40.3 Å². The Balaban J connectivity index is 1.64. The molecule has 3 nitrogen and oxygen atoms in total. The maximum Gasteiger partial charge on any atom is 0.262 e. The molecule has 4 aromatic rings. The minimum absolute atomic E-state index is 0.0476. The summed E-state index contributed by atoms with van der Waals surface area (Å²) in [5.74, 6) is 0.361. The molecule has 142 valence electrons. The summed E-state index contributed by atoms with van der Waals surface area (Å²) >= 11 is 2.89. The topological polar surface area (TPSA) is 34.9 Å². The number of fused-ring (bicyclic) bond motifs is 1. The van der Waals surface area contributed by atoms with Crippen molar-refractivity contribution < 1.29 is 4.39 Å². The molecule has 0 unspecified atom stereocenters. The van der Waals surface area contributed by atoms with Crippen LogP contribution in [0.4, 0.5) is 4.39 Å². The molecule has 0 aliphatic heterocycles. The normalized spacial score (nSPS) is 11.2. The lowest BCUT2D eigenvalue weighted by atomic mass is 10.0. The first kappa shape index (κ1) is 18.9. The van der Waals surface area contributed by atoms with Crippen molar-refractivity contribution >= 4 is 33.3 Å². The van der Waals surface area contributed by atoms with E-state index in [2.05, 4.69) is 37.0 Å². The quantitative estimate of drug-likeness (QED) is 0.398. The van der Waals surface area contributed by atoms with Crippen LogP contribution in [0.1, 0.15) is 11.1 Å². The standard InChI is InChI=1S/C22H19FN2OS2/c1-14-7-8-16(11-15(14)2)17-12-28-21-20(17)22(26)25(13-24-21)9-10-27-19-6-4-3-5-18(19)23/h3-8,11-13H,9-10H2,1-2H3. The molecular formula is C22H19FN2OS2. The maximum atomic E-state index is 13.8. The molecule has 2 aromatic heterocycles. The largest absolute Gasteiger partial charge is 0.298 e. The van der Waals surface area contributed by atoms with Crippen LogP contribution in [0.25, 0.3) is 21.3 Å². The molecule has 2 heterocycles. The van der Waals surface area contributed by atoms with Gasteiger partial charge in [-0.1, -0.05) is 30.3 Å². The Morgan fingerprint density at radius 1 is 1.14 bits per heavy atom. The van der Waals surface area contributed by atoms with Crippen molar-refractivity contribution in [3.05, 3.63) is 81.5 Å². The molecule has 0 aliphatic carbocycles. The molecule has 0 spiro atoms. The Labute approximate surface area is 170 Å². The second-order valence-corrected chi connectivity index (χ2v) is 8.65. The first-order valence-corrected chi connectivity index (χ1v) is 10.8. The van der Waals surface area contributed by atoms with Gasteiger partial charge < -0.3 is 0 Å². The number of thiophene rings is 1. The van der Waals surface area contributed by atoms with Gasteiger partial charge in [-0.2, -0.15) is 0 Å². The first-order chi connectivity index (χ1) is 13.5. The third-order valence-electron chi connectivity index (χ3n) is 4.81. The molecule has 4 rings (SSSR count). The summed E-state index contributed by atoms with van der Waals surface area (Å²) in [7, 11) is 0. The van der Waals surface area contributed by atoms with Crippen molar-refractivity contribution in [3.63, 3.8) is 0 Å². The molecule has 0 atom stereocenters. The van der Waals surface area contributed by atoms with Gasteiger partial charge in [0.1, 0.15) is 10.6 Å². The molecule has 28 heavy (non-hydrogen) atoms. The average molecular weight is 411 g/mol. The monoisotopic (exact) mass is 410 g/mol. The highest BCUT2D eigenvalue weighted by atomic mass is 32.2. The Morgan fingerprint density at radius 2 is 1.96 bits per heavy atom. The van der Waals surface area contributed by atoms with Crippen LogP contribution in [0.5, 0.6) is 0 Å². The van der Waals surface area contributed by atoms with Crippen molar-refractivity contribution in [2.24, 2.45) is 0 Å². The number of aryl methyl sites for hydroxylation is 3. The van der Waals surface area contributed by atoms with Gasteiger partial charge in [0.15, 0.2) is 0 Å². The number of benzene rings is 2. The van der Waals surface area contributed by atoms with Gasteiger partial charge in [0.25, 0.3) is 5.56 Å². The van der Waals surface area contributed by atoms with E-state index in [0.29, 0.717) is 22.6 Å². The lowest BCUT2D eigenvalue weighted by molar-refractivity contribution is 0.601. The molecular weight excluding hydrogens is 391 g/mol. The van der Waals surface area contributed by atoms with E-state index in [9.17, 15) is 9.18 Å². The van der Waals surface area contributed by atoms with Crippen LogP contribution in [-0.2, 0) is 6.54 Å². The van der Waals surface area contributed by atoms with Crippen molar-refractivity contribution in [2.45, 2.75) is 25.3 Å². The van der Waals surface area contributed by atoms with Gasteiger partial charge in [-0.15, -0.1) is 23.1 Å². The minimum Gasteiger partial charge on any atom is -0.298 e. The fraction of sp³-hybridized carbons (Fsp3) is 0.182. The number of aromatic nitrogens is 2. The van der Waals surface area contributed by atoms with E-state index in [1.54, 1.807) is 23.0 Å². The third kappa shape index (κ3) is 3.62. The molecule has 0 saturated heterocycles. The second-order valence-electron chi connectivity index (χ2n) is 6.65. The number of halogens is 1. The van der Waals surface area contributed by atoms with Crippen LogP contribution in [0.15, 0.2) is 63.9 Å². The summed E-state index contributed by atoms with van der Waals surface area (Å²) in [4.78, 5) is 18.9. The van der Waals surface area contributed by atoms with Gasteiger partial charge in [0, 0.05) is 28.1 Å². The van der Waals surface area contributed by atoms with Gasteiger partial charge in [0.2, 0.25) is 0 Å². The van der Waals surface area contributed by atoms with Crippen LogP contribution in [-0.4, -0.2) is 15.3 Å². The zero-order chi connectivity index (χ0) is 19.7. The van der Waals surface area contributed by atoms with Crippen molar-refractivity contribution in [1.82, 2.24) is 9.55 Å². The summed E-state index contributed by atoms with van der Waals surface area (Å²) in [5, 5.41) is 2.66. The molecule has 0 saturated carbocycles. The molecule has 0 fully saturated rings. The fourth-order valence-corrected chi connectivity index (χ4v) is 4.86. The van der Waals surface area contributed by atoms with Gasteiger partial charge in [0.05, 0.1) is 11.7 Å². The van der Waals surface area contributed by atoms with Crippen molar-refractivity contribution in [1.29, 1.82) is 0 Å². The molecule has 0 amide bonds. The predicted octanol–water partition coefficient (Wildman–Crippen LogP) is 5.67. The van der Waals surface area contributed by atoms with E-state index in [4.69, 9.17) is 0 Å². The average Bonchev–Trinajstić information content (AvgIpc) is 3.12. The highest BCUT2D eigenvalue weighted by Crippen LogP contribution is 2.31. The SMILES string of the molecule is Cc1ccc(-c2csc3ncn(CCSc4ccccc4F)c(=O)c23)cc1C. The van der Waals surface area contributed by atoms with Crippen LogP contribution in [0.3, 0.4) is 0 Å². The highest BCUT2D eigenvalue weighted by Gasteiger charge is 2.14. The molecule has 0 aliphatic rings. The number of hydrogen-bond acceptors (Lipinski definition) is 4. The zero-order valence-electron chi connectivity index (χ0n) is 15.6. The third-order valence-corrected chi connectivity index (χ3v) is 6.72. The first-order valence-electron chi connectivity index (χ1n) is 8.96. The zero-order valence-corrected chi connectivity index (χ0v) is 17.2. The van der Waals surface area contributed by atoms with Gasteiger partial charge >= 0.3 is 0 Å². The number of rotatable bonds is 5. The summed E-state index contributed by atoms with van der Waals surface area (Å²) in [6.45, 7) is 4.62. The van der Waals surface area contributed by atoms with Gasteiger partial charge in [-0.3, -0.25) is 9.36 Å². The number of nitrogens with zero attached hydrogens (tertiary/aromatic N) is 2. The summed E-state index contributed by atoms with van der Waals surface area (Å²) in [6, 6.07) is 12.9. The highest BCUT2D eigenvalue weighted by molar-refractivity contribution is 7.99.